The Morgan fingerprint density at radius 3 is 3.17 bits per heavy atom. The zero-order valence-corrected chi connectivity index (χ0v) is 6.71. The summed E-state index contributed by atoms with van der Waals surface area (Å²) in [7, 11) is 0. The molecule has 0 atom stereocenters. The minimum Gasteiger partial charge on any atom is -0.461 e. The number of nitrogens with zero attached hydrogens (tertiary/aromatic N) is 1. The molecule has 0 aliphatic carbocycles. The molecule has 0 radical (unpaired) electrons. The summed E-state index contributed by atoms with van der Waals surface area (Å²) in [5, 5.41) is 0.977. The molecule has 4 heteroatoms. The first-order valence-electron chi connectivity index (χ1n) is 3.30. The maximum atomic E-state index is 10.5. The number of fused-ring (bicyclic) bond motifs is 1. The fourth-order valence-corrected chi connectivity index (χ4v) is 1.24. The molecule has 2 rings (SSSR count). The molecule has 0 N–H and O–H groups in total. The van der Waals surface area contributed by atoms with Crippen molar-refractivity contribution in [2.75, 3.05) is 0 Å². The van der Waals surface area contributed by atoms with Gasteiger partial charge in [0.2, 0.25) is 0 Å². The molecular formula is C8H4ClNO2. The summed E-state index contributed by atoms with van der Waals surface area (Å²) in [5.74, 6) is 0. The van der Waals surface area contributed by atoms with Crippen molar-refractivity contribution in [3.8, 4) is 0 Å². The average molecular weight is 182 g/mol. The van der Waals surface area contributed by atoms with Gasteiger partial charge in [0.1, 0.15) is 0 Å². The van der Waals surface area contributed by atoms with E-state index < -0.39 is 0 Å². The van der Waals surface area contributed by atoms with E-state index in [2.05, 4.69) is 4.98 Å². The molecule has 0 aliphatic rings. The van der Waals surface area contributed by atoms with E-state index in [4.69, 9.17) is 16.0 Å². The Morgan fingerprint density at radius 1 is 1.58 bits per heavy atom. The molecule has 0 bridgehead atoms. The van der Waals surface area contributed by atoms with Gasteiger partial charge in [0.15, 0.2) is 17.0 Å². The fourth-order valence-electron chi connectivity index (χ4n) is 1.04. The largest absolute Gasteiger partial charge is 0.461 e. The van der Waals surface area contributed by atoms with Crippen molar-refractivity contribution >= 4 is 28.9 Å². The summed E-state index contributed by atoms with van der Waals surface area (Å²) in [5.41, 5.74) is 0.949. The zero-order chi connectivity index (χ0) is 8.55. The molecule has 0 saturated heterocycles. The topological polar surface area (TPSA) is 43.1 Å². The number of carbonyl (C=O) groups excluding carboxylic acids is 1. The van der Waals surface area contributed by atoms with Crippen LogP contribution in [0.4, 0.5) is 0 Å². The smallest absolute Gasteiger partial charge is 0.172 e. The molecule has 0 aliphatic heterocycles. The molecule has 0 fully saturated rings. The van der Waals surface area contributed by atoms with E-state index in [1.165, 1.54) is 12.5 Å². The Labute approximate surface area is 73.0 Å². The standard InChI is InChI=1S/C8H4ClNO2/c9-8-7-6(1-2-12-7)5(4-11)3-10-8/h1-4H. The van der Waals surface area contributed by atoms with Crippen molar-refractivity contribution in [1.29, 1.82) is 0 Å². The fraction of sp³-hybridized carbons (Fsp3) is 0. The lowest BCUT2D eigenvalue weighted by Crippen LogP contribution is -1.83. The van der Waals surface area contributed by atoms with Crippen molar-refractivity contribution < 1.29 is 9.21 Å². The van der Waals surface area contributed by atoms with Crippen LogP contribution in [0.2, 0.25) is 5.15 Å². The first-order valence-corrected chi connectivity index (χ1v) is 3.67. The molecule has 3 nitrogen and oxygen atoms in total. The van der Waals surface area contributed by atoms with Crippen molar-refractivity contribution in [1.82, 2.24) is 4.98 Å². The number of furan rings is 1. The summed E-state index contributed by atoms with van der Waals surface area (Å²) in [4.78, 5) is 14.3. The highest BCUT2D eigenvalue weighted by Gasteiger charge is 2.07. The van der Waals surface area contributed by atoms with Crippen molar-refractivity contribution in [3.63, 3.8) is 0 Å². The second-order valence-corrected chi connectivity index (χ2v) is 2.64. The van der Waals surface area contributed by atoms with Crippen LogP contribution >= 0.6 is 11.6 Å². The molecule has 2 heterocycles. The third kappa shape index (κ3) is 0.905. The van der Waals surface area contributed by atoms with E-state index in [0.29, 0.717) is 16.5 Å². The van der Waals surface area contributed by atoms with E-state index >= 15 is 0 Å². The minimum absolute atomic E-state index is 0.278. The van der Waals surface area contributed by atoms with E-state index in [1.807, 2.05) is 0 Å². The highest BCUT2D eigenvalue weighted by molar-refractivity contribution is 6.33. The SMILES string of the molecule is O=Cc1cnc(Cl)c2occc12. The number of carbonyl (C=O) groups is 1. The van der Waals surface area contributed by atoms with Crippen LogP contribution in [-0.4, -0.2) is 11.3 Å². The van der Waals surface area contributed by atoms with Crippen molar-refractivity contribution in [2.24, 2.45) is 0 Å². The van der Waals surface area contributed by atoms with Crippen LogP contribution in [0.5, 0.6) is 0 Å². The molecule has 0 spiro atoms. The van der Waals surface area contributed by atoms with Gasteiger partial charge >= 0.3 is 0 Å². The second kappa shape index (κ2) is 2.60. The van der Waals surface area contributed by atoms with E-state index in [1.54, 1.807) is 6.07 Å². The van der Waals surface area contributed by atoms with Gasteiger partial charge in [-0.2, -0.15) is 0 Å². The predicted molar refractivity (Wildman–Crippen MR) is 44.4 cm³/mol. The number of aromatic nitrogens is 1. The molecule has 2 aromatic rings. The molecule has 12 heavy (non-hydrogen) atoms. The maximum absolute atomic E-state index is 10.5. The van der Waals surface area contributed by atoms with E-state index in [-0.39, 0.29) is 5.15 Å². The van der Waals surface area contributed by atoms with Gasteiger partial charge < -0.3 is 4.42 Å². The normalized spacial score (nSPS) is 10.4. The summed E-state index contributed by atoms with van der Waals surface area (Å²) in [6, 6.07) is 1.69. The Kier molecular flexibility index (Phi) is 1.59. The molecule has 0 unspecified atom stereocenters. The lowest BCUT2D eigenvalue weighted by molar-refractivity contribution is 0.112. The molecule has 0 aromatic carbocycles. The Hall–Kier alpha value is -1.35. The zero-order valence-electron chi connectivity index (χ0n) is 5.95. The van der Waals surface area contributed by atoms with Crippen LogP contribution < -0.4 is 0 Å². The molecule has 2 aromatic heterocycles. The van der Waals surface area contributed by atoms with E-state index in [9.17, 15) is 4.79 Å². The van der Waals surface area contributed by atoms with Gasteiger partial charge in [-0.25, -0.2) is 4.98 Å². The Balaban J connectivity index is 2.91. The number of rotatable bonds is 1. The monoisotopic (exact) mass is 181 g/mol. The van der Waals surface area contributed by atoms with Gasteiger partial charge in [-0.15, -0.1) is 0 Å². The summed E-state index contributed by atoms with van der Waals surface area (Å²) >= 11 is 5.71. The first-order chi connectivity index (χ1) is 5.83. The van der Waals surface area contributed by atoms with Crippen LogP contribution in [0.3, 0.4) is 0 Å². The molecule has 0 amide bonds. The predicted octanol–water partition coefficient (Wildman–Crippen LogP) is 2.29. The average Bonchev–Trinajstić information content (AvgIpc) is 2.54. The Morgan fingerprint density at radius 2 is 2.42 bits per heavy atom. The van der Waals surface area contributed by atoms with Crippen molar-refractivity contribution in [3.05, 3.63) is 29.2 Å². The number of hydrogen-bond donors (Lipinski definition) is 0. The van der Waals surface area contributed by atoms with Crippen LogP contribution in [0.1, 0.15) is 10.4 Å². The van der Waals surface area contributed by atoms with Crippen molar-refractivity contribution in [2.45, 2.75) is 0 Å². The Bertz CT molecular complexity index is 436. The van der Waals surface area contributed by atoms with Gasteiger partial charge in [0.05, 0.1) is 6.26 Å². The third-order valence-corrected chi connectivity index (χ3v) is 1.88. The quantitative estimate of drug-likeness (QED) is 0.501. The van der Waals surface area contributed by atoms with Crippen LogP contribution in [-0.2, 0) is 0 Å². The van der Waals surface area contributed by atoms with Crippen LogP contribution in [0.15, 0.2) is 22.9 Å². The van der Waals surface area contributed by atoms with E-state index in [0.717, 1.165) is 6.29 Å². The highest BCUT2D eigenvalue weighted by Crippen LogP contribution is 2.24. The summed E-state index contributed by atoms with van der Waals surface area (Å²) in [6.07, 6.45) is 3.62. The maximum Gasteiger partial charge on any atom is 0.172 e. The van der Waals surface area contributed by atoms with Crippen LogP contribution in [0.25, 0.3) is 11.0 Å². The van der Waals surface area contributed by atoms with Gasteiger partial charge in [-0.3, -0.25) is 4.79 Å². The summed E-state index contributed by atoms with van der Waals surface area (Å²) in [6.45, 7) is 0. The molecule has 60 valence electrons. The third-order valence-electron chi connectivity index (χ3n) is 1.61. The number of hydrogen-bond acceptors (Lipinski definition) is 3. The second-order valence-electron chi connectivity index (χ2n) is 2.29. The van der Waals surface area contributed by atoms with Crippen LogP contribution in [0, 0.1) is 0 Å². The van der Waals surface area contributed by atoms with Gasteiger partial charge in [-0.05, 0) is 6.07 Å². The first kappa shape index (κ1) is 7.31. The summed E-state index contributed by atoms with van der Waals surface area (Å²) < 4.78 is 5.04. The molecular weight excluding hydrogens is 178 g/mol. The van der Waals surface area contributed by atoms with Gasteiger partial charge in [-0.1, -0.05) is 11.6 Å². The number of aldehydes is 1. The number of halogens is 1. The van der Waals surface area contributed by atoms with Gasteiger partial charge in [0, 0.05) is 17.1 Å². The molecule has 0 saturated carbocycles. The lowest BCUT2D eigenvalue weighted by atomic mass is 10.2. The number of pyridine rings is 1. The van der Waals surface area contributed by atoms with Gasteiger partial charge in [0.25, 0.3) is 0 Å². The minimum atomic E-state index is 0.278. The lowest BCUT2D eigenvalue weighted by Gasteiger charge is -1.93. The highest BCUT2D eigenvalue weighted by atomic mass is 35.5.